The molecule has 1 spiro atoms. The average molecular weight is 327 g/mol. The molecule has 2 aromatic heterocycles. The zero-order valence-electron chi connectivity index (χ0n) is 14.2. The molecule has 4 heterocycles. The second-order valence-corrected chi connectivity index (χ2v) is 6.92. The van der Waals surface area contributed by atoms with E-state index < -0.39 is 5.60 Å². The van der Waals surface area contributed by atoms with Crippen LogP contribution in [-0.4, -0.2) is 43.6 Å². The van der Waals surface area contributed by atoms with Gasteiger partial charge in [0.15, 0.2) is 5.82 Å². The van der Waals surface area contributed by atoms with Crippen LogP contribution in [0.3, 0.4) is 0 Å². The molecule has 0 unspecified atom stereocenters. The van der Waals surface area contributed by atoms with Crippen LogP contribution < -0.4 is 0 Å². The second kappa shape index (κ2) is 5.37. The fourth-order valence-electron chi connectivity index (χ4n) is 3.51. The van der Waals surface area contributed by atoms with Crippen LogP contribution in [0.15, 0.2) is 18.6 Å². The van der Waals surface area contributed by atoms with Gasteiger partial charge < -0.3 is 9.64 Å². The molecule has 0 aromatic carbocycles. The fraction of sp³-hybridized carbons (Fsp3) is 0.529. The van der Waals surface area contributed by atoms with Crippen molar-refractivity contribution in [2.75, 3.05) is 13.1 Å². The number of carbonyl (C=O) groups is 1. The quantitative estimate of drug-likeness (QED) is 0.835. The Labute approximate surface area is 140 Å². The van der Waals surface area contributed by atoms with Gasteiger partial charge in [-0.15, -0.1) is 0 Å². The molecule has 2 aromatic rings. The summed E-state index contributed by atoms with van der Waals surface area (Å²) in [7, 11) is 1.87. The number of hydrogen-bond acceptors (Lipinski definition) is 5. The summed E-state index contributed by atoms with van der Waals surface area (Å²) in [5.74, 6) is 0.822. The maximum atomic E-state index is 12.3. The molecule has 2 aliphatic heterocycles. The largest absolute Gasteiger partial charge is 0.362 e. The van der Waals surface area contributed by atoms with Crippen molar-refractivity contribution in [3.63, 3.8) is 0 Å². The highest BCUT2D eigenvalue weighted by Gasteiger charge is 2.48. The lowest BCUT2D eigenvalue weighted by Crippen LogP contribution is -2.36. The van der Waals surface area contributed by atoms with Gasteiger partial charge in [0, 0.05) is 43.9 Å². The van der Waals surface area contributed by atoms with Crippen molar-refractivity contribution in [2.45, 2.75) is 32.5 Å². The van der Waals surface area contributed by atoms with Crippen molar-refractivity contribution in [2.24, 2.45) is 13.0 Å². The van der Waals surface area contributed by atoms with E-state index in [1.54, 1.807) is 10.9 Å². The lowest BCUT2D eigenvalue weighted by Gasteiger charge is -2.24. The third-order valence-electron chi connectivity index (χ3n) is 4.80. The van der Waals surface area contributed by atoms with Gasteiger partial charge in [0.1, 0.15) is 5.60 Å². The van der Waals surface area contributed by atoms with Gasteiger partial charge in [0.25, 0.3) is 0 Å². The number of rotatable bonds is 2. The topological polar surface area (TPSA) is 73.1 Å². The molecule has 126 valence electrons. The van der Waals surface area contributed by atoms with Crippen LogP contribution in [0.25, 0.3) is 11.4 Å². The molecule has 2 aliphatic rings. The van der Waals surface area contributed by atoms with Crippen molar-refractivity contribution in [1.29, 1.82) is 0 Å². The van der Waals surface area contributed by atoms with E-state index in [-0.39, 0.29) is 11.8 Å². The van der Waals surface area contributed by atoms with E-state index in [0.717, 1.165) is 23.2 Å². The first-order valence-electron chi connectivity index (χ1n) is 8.27. The van der Waals surface area contributed by atoms with Gasteiger partial charge in [-0.25, -0.2) is 9.97 Å². The fourth-order valence-corrected chi connectivity index (χ4v) is 3.51. The van der Waals surface area contributed by atoms with Crippen LogP contribution in [-0.2, 0) is 28.8 Å². The van der Waals surface area contributed by atoms with E-state index in [9.17, 15) is 4.79 Å². The number of likely N-dealkylation sites (tertiary alicyclic amines) is 1. The van der Waals surface area contributed by atoms with E-state index in [1.807, 2.05) is 38.2 Å². The van der Waals surface area contributed by atoms with Crippen LogP contribution in [0.1, 0.15) is 31.5 Å². The van der Waals surface area contributed by atoms with Gasteiger partial charge >= 0.3 is 0 Å². The molecule has 7 heteroatoms. The summed E-state index contributed by atoms with van der Waals surface area (Å²) in [6.07, 6.45) is 6.27. The summed E-state index contributed by atoms with van der Waals surface area (Å²) in [4.78, 5) is 23.4. The molecule has 0 aliphatic carbocycles. The Hall–Kier alpha value is -2.28. The Morgan fingerprint density at radius 3 is 2.92 bits per heavy atom. The molecule has 7 nitrogen and oxygen atoms in total. The van der Waals surface area contributed by atoms with Crippen LogP contribution in [0, 0.1) is 5.92 Å². The Kier molecular flexibility index (Phi) is 3.42. The molecule has 1 fully saturated rings. The number of carbonyl (C=O) groups excluding carboxylic acids is 1. The normalized spacial score (nSPS) is 22.6. The lowest BCUT2D eigenvalue weighted by atomic mass is 9.97. The van der Waals surface area contributed by atoms with Crippen molar-refractivity contribution < 1.29 is 9.53 Å². The molecule has 0 N–H and O–H groups in total. The smallest absolute Gasteiger partial charge is 0.225 e. The Morgan fingerprint density at radius 1 is 1.38 bits per heavy atom. The van der Waals surface area contributed by atoms with Crippen molar-refractivity contribution in [3.8, 4) is 11.4 Å². The van der Waals surface area contributed by atoms with Gasteiger partial charge in [-0.05, 0) is 0 Å². The van der Waals surface area contributed by atoms with E-state index in [1.165, 1.54) is 0 Å². The highest BCUT2D eigenvalue weighted by molar-refractivity contribution is 5.78. The first kappa shape index (κ1) is 15.3. The van der Waals surface area contributed by atoms with Crippen LogP contribution in [0.2, 0.25) is 0 Å². The Morgan fingerprint density at radius 2 is 2.21 bits per heavy atom. The van der Waals surface area contributed by atoms with Gasteiger partial charge in [0.2, 0.25) is 5.91 Å². The summed E-state index contributed by atoms with van der Waals surface area (Å²) in [5.41, 5.74) is 2.34. The average Bonchev–Trinajstić information content (AvgIpc) is 3.27. The van der Waals surface area contributed by atoms with Gasteiger partial charge in [-0.1, -0.05) is 13.8 Å². The minimum absolute atomic E-state index is 0.00243. The first-order chi connectivity index (χ1) is 11.5. The maximum Gasteiger partial charge on any atom is 0.225 e. The van der Waals surface area contributed by atoms with E-state index in [2.05, 4.69) is 10.1 Å². The monoisotopic (exact) mass is 327 g/mol. The summed E-state index contributed by atoms with van der Waals surface area (Å²) >= 11 is 0. The molecule has 1 saturated heterocycles. The Bertz CT molecular complexity index is 800. The Balaban J connectivity index is 1.67. The lowest BCUT2D eigenvalue weighted by molar-refractivity contribution is -0.135. The zero-order chi connectivity index (χ0) is 16.9. The number of amides is 1. The van der Waals surface area contributed by atoms with E-state index in [4.69, 9.17) is 9.72 Å². The first-order valence-corrected chi connectivity index (χ1v) is 8.27. The third-order valence-corrected chi connectivity index (χ3v) is 4.80. The minimum atomic E-state index is -0.486. The highest BCUT2D eigenvalue weighted by Crippen LogP contribution is 2.42. The molecule has 4 rings (SSSR count). The number of fused-ring (bicyclic) bond motifs is 2. The van der Waals surface area contributed by atoms with Crippen molar-refractivity contribution >= 4 is 5.91 Å². The summed E-state index contributed by atoms with van der Waals surface area (Å²) in [6, 6.07) is 0. The summed E-state index contributed by atoms with van der Waals surface area (Å²) < 4.78 is 7.84. The van der Waals surface area contributed by atoms with Crippen LogP contribution in [0.5, 0.6) is 0 Å². The molecule has 24 heavy (non-hydrogen) atoms. The second-order valence-electron chi connectivity index (χ2n) is 6.92. The molecular formula is C17H21N5O2. The number of aromatic nitrogens is 4. The molecule has 0 saturated carbocycles. The third kappa shape index (κ3) is 2.31. The molecular weight excluding hydrogens is 306 g/mol. The molecule has 1 atom stereocenters. The number of ether oxygens (including phenoxy) is 1. The number of hydrogen-bond donors (Lipinski definition) is 0. The summed E-state index contributed by atoms with van der Waals surface area (Å²) in [5, 5.41) is 4.18. The highest BCUT2D eigenvalue weighted by atomic mass is 16.5. The molecule has 0 radical (unpaired) electrons. The van der Waals surface area contributed by atoms with Crippen molar-refractivity contribution in [3.05, 3.63) is 29.8 Å². The van der Waals surface area contributed by atoms with Crippen LogP contribution in [0.4, 0.5) is 0 Å². The molecule has 1 amide bonds. The van der Waals surface area contributed by atoms with Crippen LogP contribution >= 0.6 is 0 Å². The predicted molar refractivity (Wildman–Crippen MR) is 86.7 cm³/mol. The van der Waals surface area contributed by atoms with E-state index >= 15 is 0 Å². The predicted octanol–water partition coefficient (Wildman–Crippen LogP) is 1.49. The molecule has 0 bridgehead atoms. The van der Waals surface area contributed by atoms with Gasteiger partial charge in [-0.2, -0.15) is 5.10 Å². The SMILES string of the molecule is CC(C)C(=O)N1CC[C@@]2(C1)OCc1cnc(-c3cnn(C)c3)nc12. The van der Waals surface area contributed by atoms with Gasteiger partial charge in [-0.3, -0.25) is 9.48 Å². The standard InChI is InChI=1S/C17H21N5O2/c1-11(2)16(23)22-5-4-17(10-22)14-13(9-24-17)6-18-15(20-14)12-7-19-21(3)8-12/h6-8,11H,4-5,9-10H2,1-3H3/t17-/m0/s1. The number of aryl methyl sites for hydroxylation is 1. The summed E-state index contributed by atoms with van der Waals surface area (Å²) in [6.45, 7) is 5.65. The maximum absolute atomic E-state index is 12.3. The van der Waals surface area contributed by atoms with E-state index in [0.29, 0.717) is 25.5 Å². The number of nitrogens with zero attached hydrogens (tertiary/aromatic N) is 5. The van der Waals surface area contributed by atoms with Gasteiger partial charge in [0.05, 0.1) is 30.6 Å². The van der Waals surface area contributed by atoms with Crippen molar-refractivity contribution in [1.82, 2.24) is 24.6 Å². The zero-order valence-corrected chi connectivity index (χ0v) is 14.2. The minimum Gasteiger partial charge on any atom is -0.362 e.